The van der Waals surface area contributed by atoms with Gasteiger partial charge in [-0.1, -0.05) is 6.92 Å². The molecule has 0 amide bonds. The SMILES string of the molecule is CCc1nnc([C@@H]2CC(F)(F)CN2S(=O)(=O)c2cn(C)cn2)o1. The summed E-state index contributed by atoms with van der Waals surface area (Å²) in [5.41, 5.74) is 0. The quantitative estimate of drug-likeness (QED) is 0.823. The van der Waals surface area contributed by atoms with Gasteiger partial charge in [-0.25, -0.2) is 22.2 Å². The summed E-state index contributed by atoms with van der Waals surface area (Å²) in [5, 5.41) is 7.14. The Hall–Kier alpha value is -1.88. The van der Waals surface area contributed by atoms with Crippen LogP contribution in [0.3, 0.4) is 0 Å². The van der Waals surface area contributed by atoms with E-state index in [4.69, 9.17) is 4.42 Å². The van der Waals surface area contributed by atoms with Crippen molar-refractivity contribution in [3.63, 3.8) is 0 Å². The third-order valence-corrected chi connectivity index (χ3v) is 5.29. The molecule has 0 unspecified atom stereocenters. The number of rotatable bonds is 4. The second-order valence-corrected chi connectivity index (χ2v) is 7.23. The number of nitrogens with zero attached hydrogens (tertiary/aromatic N) is 5. The highest BCUT2D eigenvalue weighted by Gasteiger charge is 2.53. The lowest BCUT2D eigenvalue weighted by Gasteiger charge is -2.19. The van der Waals surface area contributed by atoms with Crippen LogP contribution in [0.2, 0.25) is 0 Å². The van der Waals surface area contributed by atoms with Gasteiger partial charge in [0.05, 0.1) is 12.9 Å². The fourth-order valence-electron chi connectivity index (χ4n) is 2.44. The zero-order chi connectivity index (χ0) is 16.8. The number of imidazole rings is 1. The van der Waals surface area contributed by atoms with Gasteiger partial charge in [-0.3, -0.25) is 0 Å². The molecule has 1 atom stereocenters. The molecule has 0 aliphatic carbocycles. The second kappa shape index (κ2) is 5.34. The Morgan fingerprint density at radius 3 is 2.74 bits per heavy atom. The topological polar surface area (TPSA) is 94.1 Å². The molecule has 126 valence electrons. The molecule has 0 N–H and O–H groups in total. The molecule has 3 heterocycles. The van der Waals surface area contributed by atoms with Crippen LogP contribution in [0.15, 0.2) is 22.0 Å². The first-order valence-electron chi connectivity index (χ1n) is 6.93. The number of aryl methyl sites for hydroxylation is 2. The Morgan fingerprint density at radius 1 is 1.43 bits per heavy atom. The molecule has 1 fully saturated rings. The van der Waals surface area contributed by atoms with Gasteiger partial charge in [0.1, 0.15) is 6.04 Å². The van der Waals surface area contributed by atoms with Gasteiger partial charge in [0.15, 0.2) is 5.03 Å². The molecule has 0 radical (unpaired) electrons. The fraction of sp³-hybridized carbons (Fsp3) is 0.583. The van der Waals surface area contributed by atoms with Crippen molar-refractivity contribution in [1.29, 1.82) is 0 Å². The minimum absolute atomic E-state index is 0.126. The zero-order valence-electron chi connectivity index (χ0n) is 12.5. The molecule has 2 aromatic rings. The lowest BCUT2D eigenvalue weighted by atomic mass is 10.2. The Labute approximate surface area is 131 Å². The van der Waals surface area contributed by atoms with Crippen molar-refractivity contribution in [2.24, 2.45) is 7.05 Å². The number of halogens is 2. The second-order valence-electron chi connectivity index (χ2n) is 5.39. The molecule has 1 aliphatic rings. The maximum absolute atomic E-state index is 13.8. The van der Waals surface area contributed by atoms with Crippen LogP contribution < -0.4 is 0 Å². The van der Waals surface area contributed by atoms with E-state index in [2.05, 4.69) is 15.2 Å². The number of aromatic nitrogens is 4. The highest BCUT2D eigenvalue weighted by Crippen LogP contribution is 2.43. The van der Waals surface area contributed by atoms with Crippen molar-refractivity contribution in [2.75, 3.05) is 6.54 Å². The Balaban J connectivity index is 2.01. The molecule has 0 aromatic carbocycles. The van der Waals surface area contributed by atoms with Crippen LogP contribution in [0, 0.1) is 0 Å². The molecule has 2 aromatic heterocycles. The smallest absolute Gasteiger partial charge is 0.263 e. The molecule has 23 heavy (non-hydrogen) atoms. The molecule has 0 spiro atoms. The van der Waals surface area contributed by atoms with Crippen LogP contribution in [0.1, 0.15) is 31.2 Å². The van der Waals surface area contributed by atoms with E-state index in [1.54, 1.807) is 14.0 Å². The highest BCUT2D eigenvalue weighted by molar-refractivity contribution is 7.89. The van der Waals surface area contributed by atoms with Gasteiger partial charge < -0.3 is 8.98 Å². The van der Waals surface area contributed by atoms with Crippen molar-refractivity contribution >= 4 is 10.0 Å². The van der Waals surface area contributed by atoms with E-state index in [1.165, 1.54) is 17.1 Å². The predicted octanol–water partition coefficient (Wildman–Crippen LogP) is 1.14. The van der Waals surface area contributed by atoms with Gasteiger partial charge >= 0.3 is 0 Å². The van der Waals surface area contributed by atoms with E-state index >= 15 is 0 Å². The lowest BCUT2D eigenvalue weighted by Crippen LogP contribution is -2.33. The van der Waals surface area contributed by atoms with Gasteiger partial charge in [0.2, 0.25) is 11.8 Å². The Morgan fingerprint density at radius 2 is 2.17 bits per heavy atom. The molecule has 8 nitrogen and oxygen atoms in total. The highest BCUT2D eigenvalue weighted by atomic mass is 32.2. The monoisotopic (exact) mass is 347 g/mol. The largest absolute Gasteiger partial charge is 0.424 e. The average Bonchev–Trinajstić information content (AvgIpc) is 3.16. The minimum atomic E-state index is -4.19. The predicted molar refractivity (Wildman–Crippen MR) is 73.1 cm³/mol. The maximum Gasteiger partial charge on any atom is 0.263 e. The van der Waals surface area contributed by atoms with E-state index in [-0.39, 0.29) is 16.8 Å². The van der Waals surface area contributed by atoms with Gasteiger partial charge in [-0.2, -0.15) is 4.31 Å². The van der Waals surface area contributed by atoms with Gasteiger partial charge in [-0.05, 0) is 0 Å². The zero-order valence-corrected chi connectivity index (χ0v) is 13.3. The summed E-state index contributed by atoms with van der Waals surface area (Å²) in [5.74, 6) is -3.03. The maximum atomic E-state index is 13.8. The number of hydrogen-bond acceptors (Lipinski definition) is 6. The van der Waals surface area contributed by atoms with Crippen molar-refractivity contribution < 1.29 is 21.6 Å². The van der Waals surface area contributed by atoms with Gasteiger partial charge in [0.25, 0.3) is 15.9 Å². The van der Waals surface area contributed by atoms with Crippen LogP contribution in [0.4, 0.5) is 8.78 Å². The average molecular weight is 347 g/mol. The molecule has 0 saturated carbocycles. The fourth-order valence-corrected chi connectivity index (χ4v) is 4.02. The van der Waals surface area contributed by atoms with Crippen molar-refractivity contribution in [1.82, 2.24) is 24.1 Å². The summed E-state index contributed by atoms with van der Waals surface area (Å²) in [6, 6.07) is -1.20. The molecular weight excluding hydrogens is 332 g/mol. The van der Waals surface area contributed by atoms with E-state index in [0.29, 0.717) is 10.7 Å². The van der Waals surface area contributed by atoms with Gasteiger partial charge in [0, 0.05) is 26.1 Å². The van der Waals surface area contributed by atoms with Crippen LogP contribution >= 0.6 is 0 Å². The lowest BCUT2D eigenvalue weighted by molar-refractivity contribution is 0.0166. The summed E-state index contributed by atoms with van der Waals surface area (Å²) in [6.45, 7) is 0.823. The molecule has 0 bridgehead atoms. The molecule has 1 aliphatic heterocycles. The summed E-state index contributed by atoms with van der Waals surface area (Å²) in [7, 11) is -2.60. The first-order valence-corrected chi connectivity index (χ1v) is 8.37. The van der Waals surface area contributed by atoms with Crippen molar-refractivity contribution in [3.05, 3.63) is 24.3 Å². The van der Waals surface area contributed by atoms with Gasteiger partial charge in [-0.15, -0.1) is 10.2 Å². The molecule has 11 heteroatoms. The Bertz CT molecular complexity index is 816. The summed E-state index contributed by atoms with van der Waals surface area (Å²) in [4.78, 5) is 3.75. The molecule has 3 rings (SSSR count). The number of alkyl halides is 2. The van der Waals surface area contributed by atoms with E-state index < -0.39 is 35.0 Å². The normalized spacial score (nSPS) is 21.8. The van der Waals surface area contributed by atoms with Crippen LogP contribution in [0.5, 0.6) is 0 Å². The third-order valence-electron chi connectivity index (χ3n) is 3.55. The molecular formula is C12H15F2N5O3S. The third kappa shape index (κ3) is 2.85. The summed E-state index contributed by atoms with van der Waals surface area (Å²) >= 11 is 0. The van der Waals surface area contributed by atoms with Crippen LogP contribution in [-0.4, -0.2) is 44.9 Å². The number of sulfonamides is 1. The first-order chi connectivity index (χ1) is 10.7. The van der Waals surface area contributed by atoms with Crippen molar-refractivity contribution in [2.45, 2.75) is 36.8 Å². The minimum Gasteiger partial charge on any atom is -0.424 e. The summed E-state index contributed by atoms with van der Waals surface area (Å²) < 4.78 is 60.3. The number of hydrogen-bond donors (Lipinski definition) is 0. The van der Waals surface area contributed by atoms with Crippen LogP contribution in [0.25, 0.3) is 0 Å². The Kier molecular flexibility index (Phi) is 3.71. The standard InChI is InChI=1S/C12H15F2N5O3S/c1-3-9-16-17-11(22-9)8-4-12(13,14)6-19(8)23(20,21)10-5-18(2)7-15-10/h5,7-8H,3-4,6H2,1-2H3/t8-/m0/s1. The van der Waals surface area contributed by atoms with Crippen molar-refractivity contribution in [3.8, 4) is 0 Å². The van der Waals surface area contributed by atoms with E-state index in [0.717, 1.165) is 0 Å². The summed E-state index contributed by atoms with van der Waals surface area (Å²) in [6.07, 6.45) is 2.28. The first kappa shape index (κ1) is 16.0. The van der Waals surface area contributed by atoms with Crippen LogP contribution in [-0.2, 0) is 23.5 Å². The van der Waals surface area contributed by atoms with E-state index in [9.17, 15) is 17.2 Å². The van der Waals surface area contributed by atoms with E-state index in [1.807, 2.05) is 0 Å². The molecule has 1 saturated heterocycles.